The molecule has 0 spiro atoms. The standard InChI is InChI=1S/C17H16ClN3O/c1-11-5-3-4-6-14(11)17-16(10-22)19-20-21(17)13-8-7-12(2)15(18)9-13/h3-9,22H,10H2,1-2H3. The molecule has 3 aromatic rings. The molecule has 0 saturated carbocycles. The molecule has 112 valence electrons. The summed E-state index contributed by atoms with van der Waals surface area (Å²) in [5.41, 5.74) is 5.25. The second-order valence-corrected chi connectivity index (χ2v) is 5.61. The molecule has 0 saturated heterocycles. The molecule has 1 aromatic heterocycles. The van der Waals surface area contributed by atoms with Crippen LogP contribution in [0.15, 0.2) is 42.5 Å². The Morgan fingerprint density at radius 1 is 1.09 bits per heavy atom. The smallest absolute Gasteiger partial charge is 0.117 e. The van der Waals surface area contributed by atoms with Crippen LogP contribution in [0.25, 0.3) is 16.9 Å². The Bertz CT molecular complexity index is 827. The lowest BCUT2D eigenvalue weighted by atomic mass is 10.0. The van der Waals surface area contributed by atoms with Crippen LogP contribution in [-0.4, -0.2) is 20.1 Å². The predicted octanol–water partition coefficient (Wildman–Crippen LogP) is 3.70. The van der Waals surface area contributed by atoms with Gasteiger partial charge in [0.05, 0.1) is 12.3 Å². The van der Waals surface area contributed by atoms with E-state index in [1.807, 2.05) is 56.3 Å². The quantitative estimate of drug-likeness (QED) is 0.802. The number of hydrogen-bond donors (Lipinski definition) is 1. The summed E-state index contributed by atoms with van der Waals surface area (Å²) in [6, 6.07) is 13.7. The maximum Gasteiger partial charge on any atom is 0.117 e. The van der Waals surface area contributed by atoms with Gasteiger partial charge in [-0.05, 0) is 37.1 Å². The molecular formula is C17H16ClN3O. The monoisotopic (exact) mass is 313 g/mol. The molecule has 0 bridgehead atoms. The van der Waals surface area contributed by atoms with Gasteiger partial charge in [-0.15, -0.1) is 5.10 Å². The van der Waals surface area contributed by atoms with Gasteiger partial charge in [0.25, 0.3) is 0 Å². The first-order valence-electron chi connectivity index (χ1n) is 6.99. The normalized spacial score (nSPS) is 10.9. The summed E-state index contributed by atoms with van der Waals surface area (Å²) in [7, 11) is 0. The van der Waals surface area contributed by atoms with E-state index in [4.69, 9.17) is 11.6 Å². The highest BCUT2D eigenvalue weighted by Crippen LogP contribution is 2.29. The van der Waals surface area contributed by atoms with Gasteiger partial charge in [0.15, 0.2) is 0 Å². The van der Waals surface area contributed by atoms with Crippen LogP contribution in [0.2, 0.25) is 5.02 Å². The molecule has 0 atom stereocenters. The average Bonchev–Trinajstić information content (AvgIpc) is 2.94. The fraction of sp³-hybridized carbons (Fsp3) is 0.176. The van der Waals surface area contributed by atoms with E-state index in [0.717, 1.165) is 28.1 Å². The third kappa shape index (κ3) is 2.51. The van der Waals surface area contributed by atoms with Gasteiger partial charge in [0, 0.05) is 10.6 Å². The van der Waals surface area contributed by atoms with Gasteiger partial charge in [-0.3, -0.25) is 0 Å². The minimum atomic E-state index is -0.163. The Morgan fingerprint density at radius 2 is 1.86 bits per heavy atom. The highest BCUT2D eigenvalue weighted by atomic mass is 35.5. The summed E-state index contributed by atoms with van der Waals surface area (Å²) in [4.78, 5) is 0. The third-order valence-corrected chi connectivity index (χ3v) is 4.10. The number of halogens is 1. The Labute approximate surface area is 134 Å². The number of aliphatic hydroxyl groups excluding tert-OH is 1. The van der Waals surface area contributed by atoms with Gasteiger partial charge >= 0.3 is 0 Å². The van der Waals surface area contributed by atoms with E-state index < -0.39 is 0 Å². The van der Waals surface area contributed by atoms with Gasteiger partial charge in [-0.25, -0.2) is 4.68 Å². The minimum Gasteiger partial charge on any atom is -0.390 e. The lowest BCUT2D eigenvalue weighted by Crippen LogP contribution is -2.01. The van der Waals surface area contributed by atoms with Crippen LogP contribution in [0.3, 0.4) is 0 Å². The van der Waals surface area contributed by atoms with Crippen LogP contribution >= 0.6 is 11.6 Å². The third-order valence-electron chi connectivity index (χ3n) is 3.69. The molecule has 1 heterocycles. The lowest BCUT2D eigenvalue weighted by Gasteiger charge is -2.11. The Morgan fingerprint density at radius 3 is 2.55 bits per heavy atom. The molecular weight excluding hydrogens is 298 g/mol. The molecule has 5 heteroatoms. The predicted molar refractivity (Wildman–Crippen MR) is 87.2 cm³/mol. The summed E-state index contributed by atoms with van der Waals surface area (Å²) >= 11 is 6.22. The van der Waals surface area contributed by atoms with Gasteiger partial charge in [-0.1, -0.05) is 47.1 Å². The SMILES string of the molecule is Cc1ccc(-n2nnc(CO)c2-c2ccccc2C)cc1Cl. The zero-order chi connectivity index (χ0) is 15.7. The van der Waals surface area contributed by atoms with E-state index in [0.29, 0.717) is 10.7 Å². The van der Waals surface area contributed by atoms with Crippen LogP contribution in [0.5, 0.6) is 0 Å². The van der Waals surface area contributed by atoms with E-state index in [-0.39, 0.29) is 6.61 Å². The van der Waals surface area contributed by atoms with Crippen molar-refractivity contribution in [2.45, 2.75) is 20.5 Å². The van der Waals surface area contributed by atoms with Crippen molar-refractivity contribution < 1.29 is 5.11 Å². The molecule has 3 rings (SSSR count). The van der Waals surface area contributed by atoms with Crippen molar-refractivity contribution in [3.05, 3.63) is 64.3 Å². The molecule has 0 aliphatic carbocycles. The van der Waals surface area contributed by atoms with Gasteiger partial charge < -0.3 is 5.11 Å². The van der Waals surface area contributed by atoms with Crippen LogP contribution < -0.4 is 0 Å². The maximum absolute atomic E-state index is 9.59. The molecule has 1 N–H and O–H groups in total. The number of aliphatic hydroxyl groups is 1. The molecule has 0 fully saturated rings. The minimum absolute atomic E-state index is 0.163. The summed E-state index contributed by atoms with van der Waals surface area (Å²) in [6.45, 7) is 3.81. The number of rotatable bonds is 3. The Kier molecular flexibility index (Phi) is 3.96. The highest BCUT2D eigenvalue weighted by Gasteiger charge is 2.17. The Hall–Kier alpha value is -2.17. The van der Waals surface area contributed by atoms with Crippen molar-refractivity contribution in [3.63, 3.8) is 0 Å². The van der Waals surface area contributed by atoms with Crippen molar-refractivity contribution in [2.24, 2.45) is 0 Å². The van der Waals surface area contributed by atoms with E-state index >= 15 is 0 Å². The van der Waals surface area contributed by atoms with Gasteiger partial charge in [0.1, 0.15) is 11.4 Å². The second-order valence-electron chi connectivity index (χ2n) is 5.20. The first-order chi connectivity index (χ1) is 10.6. The molecule has 0 aliphatic rings. The van der Waals surface area contributed by atoms with Crippen molar-refractivity contribution >= 4 is 11.6 Å². The largest absolute Gasteiger partial charge is 0.390 e. The average molecular weight is 314 g/mol. The van der Waals surface area contributed by atoms with Gasteiger partial charge in [0.2, 0.25) is 0 Å². The number of benzene rings is 2. The fourth-order valence-corrected chi connectivity index (χ4v) is 2.60. The molecule has 0 unspecified atom stereocenters. The van der Waals surface area contributed by atoms with Crippen LogP contribution in [0, 0.1) is 13.8 Å². The number of aryl methyl sites for hydroxylation is 2. The first kappa shape index (κ1) is 14.8. The Balaban J connectivity index is 2.24. The molecule has 4 nitrogen and oxygen atoms in total. The van der Waals surface area contributed by atoms with Gasteiger partial charge in [-0.2, -0.15) is 0 Å². The lowest BCUT2D eigenvalue weighted by molar-refractivity contribution is 0.277. The van der Waals surface area contributed by atoms with Crippen molar-refractivity contribution in [1.29, 1.82) is 0 Å². The number of aromatic nitrogens is 3. The number of hydrogen-bond acceptors (Lipinski definition) is 3. The van der Waals surface area contributed by atoms with Crippen molar-refractivity contribution in [2.75, 3.05) is 0 Å². The van der Waals surface area contributed by atoms with Crippen LogP contribution in [0.4, 0.5) is 0 Å². The molecule has 0 amide bonds. The van der Waals surface area contributed by atoms with Crippen molar-refractivity contribution in [3.8, 4) is 16.9 Å². The van der Waals surface area contributed by atoms with E-state index in [9.17, 15) is 5.11 Å². The zero-order valence-electron chi connectivity index (χ0n) is 12.4. The summed E-state index contributed by atoms with van der Waals surface area (Å²) in [5, 5.41) is 18.6. The van der Waals surface area contributed by atoms with E-state index in [1.54, 1.807) is 4.68 Å². The first-order valence-corrected chi connectivity index (χ1v) is 7.37. The summed E-state index contributed by atoms with van der Waals surface area (Å²) in [6.07, 6.45) is 0. The van der Waals surface area contributed by atoms with Crippen molar-refractivity contribution in [1.82, 2.24) is 15.0 Å². The molecule has 2 aromatic carbocycles. The maximum atomic E-state index is 9.59. The summed E-state index contributed by atoms with van der Waals surface area (Å²) in [5.74, 6) is 0. The zero-order valence-corrected chi connectivity index (χ0v) is 13.2. The second kappa shape index (κ2) is 5.91. The number of nitrogens with zero attached hydrogens (tertiary/aromatic N) is 3. The van der Waals surface area contributed by atoms with Crippen LogP contribution in [-0.2, 0) is 6.61 Å². The summed E-state index contributed by atoms with van der Waals surface area (Å²) < 4.78 is 1.72. The molecule has 0 aliphatic heterocycles. The van der Waals surface area contributed by atoms with Crippen LogP contribution in [0.1, 0.15) is 16.8 Å². The van der Waals surface area contributed by atoms with E-state index in [2.05, 4.69) is 10.3 Å². The highest BCUT2D eigenvalue weighted by molar-refractivity contribution is 6.31. The van der Waals surface area contributed by atoms with E-state index in [1.165, 1.54) is 0 Å². The fourth-order valence-electron chi connectivity index (χ4n) is 2.42. The molecule has 22 heavy (non-hydrogen) atoms. The topological polar surface area (TPSA) is 50.9 Å². The molecule has 0 radical (unpaired) electrons.